The van der Waals surface area contributed by atoms with Crippen molar-refractivity contribution >= 4 is 17.5 Å². The third kappa shape index (κ3) is 4.25. The first-order valence-electron chi connectivity index (χ1n) is 10.1. The first kappa shape index (κ1) is 18.7. The van der Waals surface area contributed by atoms with Crippen LogP contribution in [-0.4, -0.2) is 31.4 Å². The number of hydrogen-bond donors (Lipinski definition) is 3. The fourth-order valence-electron chi connectivity index (χ4n) is 4.20. The second-order valence-electron chi connectivity index (χ2n) is 7.93. The summed E-state index contributed by atoms with van der Waals surface area (Å²) in [4.78, 5) is 24.8. The van der Waals surface area contributed by atoms with Gasteiger partial charge in [-0.3, -0.25) is 9.59 Å². The number of hydrogen-bond acceptors (Lipinski definition) is 3. The van der Waals surface area contributed by atoms with E-state index < -0.39 is 0 Å². The van der Waals surface area contributed by atoms with Crippen LogP contribution in [0.5, 0.6) is 0 Å². The molecular weight excluding hydrogens is 350 g/mol. The van der Waals surface area contributed by atoms with E-state index in [2.05, 4.69) is 28.1 Å². The lowest BCUT2D eigenvalue weighted by molar-refractivity contribution is -0.118. The third-order valence-electron chi connectivity index (χ3n) is 6.06. The number of benzene rings is 2. The van der Waals surface area contributed by atoms with Crippen LogP contribution < -0.4 is 16.0 Å². The molecule has 1 saturated heterocycles. The van der Waals surface area contributed by atoms with Crippen molar-refractivity contribution in [3.63, 3.8) is 0 Å². The van der Waals surface area contributed by atoms with Crippen molar-refractivity contribution in [2.75, 3.05) is 25.0 Å². The number of rotatable bonds is 6. The third-order valence-corrected chi connectivity index (χ3v) is 6.06. The number of amides is 2. The zero-order chi connectivity index (χ0) is 19.4. The van der Waals surface area contributed by atoms with Crippen molar-refractivity contribution in [1.29, 1.82) is 0 Å². The molecule has 1 heterocycles. The molecule has 1 atom stereocenters. The second kappa shape index (κ2) is 8.15. The molecule has 1 aliphatic carbocycles. The van der Waals surface area contributed by atoms with Gasteiger partial charge in [-0.25, -0.2) is 0 Å². The van der Waals surface area contributed by atoms with Crippen LogP contribution in [0, 0.1) is 11.3 Å². The molecule has 2 aromatic carbocycles. The van der Waals surface area contributed by atoms with Gasteiger partial charge in [-0.1, -0.05) is 30.3 Å². The minimum Gasteiger partial charge on any atom is -0.352 e. The van der Waals surface area contributed by atoms with E-state index in [1.807, 2.05) is 30.3 Å². The van der Waals surface area contributed by atoms with Gasteiger partial charge in [0.15, 0.2) is 0 Å². The highest BCUT2D eigenvalue weighted by Gasteiger charge is 2.57. The van der Waals surface area contributed by atoms with Gasteiger partial charge < -0.3 is 16.0 Å². The second-order valence-corrected chi connectivity index (χ2v) is 7.93. The van der Waals surface area contributed by atoms with E-state index in [-0.39, 0.29) is 23.1 Å². The minimum atomic E-state index is -0.0929. The van der Waals surface area contributed by atoms with Gasteiger partial charge in [0.25, 0.3) is 5.91 Å². The highest BCUT2D eigenvalue weighted by atomic mass is 16.2. The summed E-state index contributed by atoms with van der Waals surface area (Å²) in [6, 6.07) is 17.2. The topological polar surface area (TPSA) is 70.2 Å². The maximum atomic E-state index is 12.5. The van der Waals surface area contributed by atoms with Gasteiger partial charge in [0.05, 0.1) is 0 Å². The fourth-order valence-corrected chi connectivity index (χ4v) is 4.20. The molecule has 0 radical (unpaired) electrons. The van der Waals surface area contributed by atoms with E-state index in [1.54, 1.807) is 12.1 Å². The van der Waals surface area contributed by atoms with E-state index in [1.165, 1.54) is 5.56 Å². The molecule has 4 rings (SSSR count). The summed E-state index contributed by atoms with van der Waals surface area (Å²) >= 11 is 0. The summed E-state index contributed by atoms with van der Waals surface area (Å²) in [5.41, 5.74) is 2.79. The minimum absolute atomic E-state index is 0.0929. The Hall–Kier alpha value is -2.66. The molecule has 146 valence electrons. The largest absolute Gasteiger partial charge is 0.352 e. The number of piperidine rings is 1. The maximum absolute atomic E-state index is 12.5. The first-order valence-corrected chi connectivity index (χ1v) is 10.1. The Kier molecular flexibility index (Phi) is 5.44. The van der Waals surface area contributed by atoms with E-state index in [9.17, 15) is 9.59 Å². The van der Waals surface area contributed by atoms with Crippen LogP contribution in [-0.2, 0) is 11.2 Å². The van der Waals surface area contributed by atoms with E-state index >= 15 is 0 Å². The lowest BCUT2D eigenvalue weighted by Crippen LogP contribution is -2.31. The molecule has 28 heavy (non-hydrogen) atoms. The zero-order valence-corrected chi connectivity index (χ0v) is 16.0. The SMILES string of the molecule is O=C(NCCc1ccccc1)c1ccc(NC(=O)C2CC23CCNCC3)cc1. The Morgan fingerprint density at radius 2 is 1.71 bits per heavy atom. The van der Waals surface area contributed by atoms with Crippen LogP contribution in [0.1, 0.15) is 35.2 Å². The molecular formula is C23H27N3O2. The lowest BCUT2D eigenvalue weighted by Gasteiger charge is -2.23. The van der Waals surface area contributed by atoms with Crippen LogP contribution in [0.4, 0.5) is 5.69 Å². The molecule has 1 saturated carbocycles. The molecule has 1 aliphatic heterocycles. The molecule has 2 amide bonds. The average Bonchev–Trinajstić information content (AvgIpc) is 3.42. The monoisotopic (exact) mass is 377 g/mol. The molecule has 2 aliphatic rings. The van der Waals surface area contributed by atoms with E-state index in [0.717, 1.165) is 44.5 Å². The molecule has 5 nitrogen and oxygen atoms in total. The number of carbonyl (C=O) groups excluding carboxylic acids is 2. The van der Waals surface area contributed by atoms with Gasteiger partial charge in [-0.05, 0) is 74.0 Å². The number of carbonyl (C=O) groups is 2. The average molecular weight is 377 g/mol. The Labute approximate surface area is 165 Å². The zero-order valence-electron chi connectivity index (χ0n) is 16.0. The fraction of sp³-hybridized carbons (Fsp3) is 0.391. The van der Waals surface area contributed by atoms with Crippen molar-refractivity contribution in [3.05, 3.63) is 65.7 Å². The summed E-state index contributed by atoms with van der Waals surface area (Å²) in [6.45, 7) is 2.62. The standard InChI is InChI=1S/C23H27N3O2/c27-21(25-13-10-17-4-2-1-3-5-17)18-6-8-19(9-7-18)26-22(28)20-16-23(20)11-14-24-15-12-23/h1-9,20,24H,10-16H2,(H,25,27)(H,26,28). The first-order chi connectivity index (χ1) is 13.7. The van der Waals surface area contributed by atoms with Crippen LogP contribution in [0.25, 0.3) is 0 Å². The highest BCUT2D eigenvalue weighted by molar-refractivity contribution is 5.97. The lowest BCUT2D eigenvalue weighted by atomic mass is 9.92. The van der Waals surface area contributed by atoms with Crippen LogP contribution in [0.15, 0.2) is 54.6 Å². The van der Waals surface area contributed by atoms with Gasteiger partial charge in [0.1, 0.15) is 0 Å². The Bertz CT molecular complexity index is 827. The Morgan fingerprint density at radius 3 is 2.43 bits per heavy atom. The predicted octanol–water partition coefficient (Wildman–Crippen LogP) is 2.99. The Morgan fingerprint density at radius 1 is 1.00 bits per heavy atom. The molecule has 2 aromatic rings. The normalized spacial score (nSPS) is 19.8. The van der Waals surface area contributed by atoms with Crippen LogP contribution in [0.2, 0.25) is 0 Å². The molecule has 1 spiro atoms. The summed E-state index contributed by atoms with van der Waals surface area (Å²) in [7, 11) is 0. The molecule has 1 unspecified atom stereocenters. The molecule has 2 fully saturated rings. The molecule has 0 bridgehead atoms. The van der Waals surface area contributed by atoms with Crippen molar-refractivity contribution in [3.8, 4) is 0 Å². The highest BCUT2D eigenvalue weighted by Crippen LogP contribution is 2.58. The summed E-state index contributed by atoms with van der Waals surface area (Å²) in [5, 5.41) is 9.32. The van der Waals surface area contributed by atoms with Crippen molar-refractivity contribution in [2.45, 2.75) is 25.7 Å². The van der Waals surface area contributed by atoms with Gasteiger partial charge in [-0.15, -0.1) is 0 Å². The van der Waals surface area contributed by atoms with Crippen molar-refractivity contribution in [1.82, 2.24) is 10.6 Å². The molecule has 5 heteroatoms. The molecule has 3 N–H and O–H groups in total. The Balaban J connectivity index is 1.25. The van der Waals surface area contributed by atoms with Crippen molar-refractivity contribution < 1.29 is 9.59 Å². The maximum Gasteiger partial charge on any atom is 0.251 e. The van der Waals surface area contributed by atoms with E-state index in [4.69, 9.17) is 0 Å². The predicted molar refractivity (Wildman–Crippen MR) is 110 cm³/mol. The van der Waals surface area contributed by atoms with Gasteiger partial charge in [-0.2, -0.15) is 0 Å². The summed E-state index contributed by atoms with van der Waals surface area (Å²) in [6.07, 6.45) is 3.99. The number of anilines is 1. The van der Waals surface area contributed by atoms with E-state index in [0.29, 0.717) is 12.1 Å². The quantitative estimate of drug-likeness (QED) is 0.725. The smallest absolute Gasteiger partial charge is 0.251 e. The number of nitrogens with one attached hydrogen (secondary N) is 3. The van der Waals surface area contributed by atoms with Gasteiger partial charge in [0.2, 0.25) is 5.91 Å². The van der Waals surface area contributed by atoms with Crippen LogP contribution >= 0.6 is 0 Å². The van der Waals surface area contributed by atoms with Gasteiger partial charge >= 0.3 is 0 Å². The van der Waals surface area contributed by atoms with Crippen LogP contribution in [0.3, 0.4) is 0 Å². The molecule has 0 aromatic heterocycles. The van der Waals surface area contributed by atoms with Crippen molar-refractivity contribution in [2.24, 2.45) is 11.3 Å². The van der Waals surface area contributed by atoms with Gasteiger partial charge in [0, 0.05) is 23.7 Å². The summed E-state index contributed by atoms with van der Waals surface area (Å²) in [5.74, 6) is 0.155. The summed E-state index contributed by atoms with van der Waals surface area (Å²) < 4.78 is 0.